The molecule has 0 aliphatic heterocycles. The highest BCUT2D eigenvalue weighted by molar-refractivity contribution is 7.92. The van der Waals surface area contributed by atoms with Gasteiger partial charge in [-0.2, -0.15) is 0 Å². The third-order valence-electron chi connectivity index (χ3n) is 8.20. The summed E-state index contributed by atoms with van der Waals surface area (Å²) in [5, 5.41) is 3.25. The van der Waals surface area contributed by atoms with Crippen LogP contribution in [-0.2, 0) is 32.6 Å². The fourth-order valence-corrected chi connectivity index (χ4v) is 6.79. The molecule has 10 heteroatoms. The van der Waals surface area contributed by atoms with Gasteiger partial charge in [0.25, 0.3) is 0 Å². The summed E-state index contributed by atoms with van der Waals surface area (Å²) in [6, 6.07) is 23.4. The van der Waals surface area contributed by atoms with Crippen LogP contribution in [0.4, 0.5) is 5.69 Å². The highest BCUT2D eigenvalue weighted by atomic mass is 32.2. The average molecular weight is 636 g/mol. The topological polar surface area (TPSA) is 105 Å². The number of carbonyl (C=O) groups excluding carboxylic acids is 2. The number of sulfonamides is 1. The zero-order chi connectivity index (χ0) is 32.2. The summed E-state index contributed by atoms with van der Waals surface area (Å²) < 4.78 is 37.5. The first-order chi connectivity index (χ1) is 21.7. The Morgan fingerprint density at radius 3 is 2.18 bits per heavy atom. The summed E-state index contributed by atoms with van der Waals surface area (Å²) in [7, 11) is -0.515. The third kappa shape index (κ3) is 9.97. The Labute approximate surface area is 267 Å². The number of methoxy groups -OCH3 is 2. The molecular weight excluding hydrogens is 590 g/mol. The monoisotopic (exact) mass is 635 g/mol. The van der Waals surface area contributed by atoms with Crippen LogP contribution in [-0.4, -0.2) is 64.2 Å². The minimum atomic E-state index is -3.63. The molecule has 0 aromatic heterocycles. The van der Waals surface area contributed by atoms with Gasteiger partial charge in [-0.25, -0.2) is 8.42 Å². The van der Waals surface area contributed by atoms with Crippen LogP contribution >= 0.6 is 0 Å². The predicted octanol–water partition coefficient (Wildman–Crippen LogP) is 5.34. The largest absolute Gasteiger partial charge is 0.497 e. The maximum absolute atomic E-state index is 14.1. The van der Waals surface area contributed by atoms with E-state index in [-0.39, 0.29) is 43.8 Å². The number of hydrogen-bond acceptors (Lipinski definition) is 6. The van der Waals surface area contributed by atoms with Crippen molar-refractivity contribution in [1.82, 2.24) is 10.2 Å². The summed E-state index contributed by atoms with van der Waals surface area (Å²) >= 11 is 0. The van der Waals surface area contributed by atoms with Gasteiger partial charge in [0.15, 0.2) is 0 Å². The van der Waals surface area contributed by atoms with E-state index in [1.807, 2.05) is 54.6 Å². The van der Waals surface area contributed by atoms with Crippen LogP contribution in [0.1, 0.15) is 56.1 Å². The lowest BCUT2D eigenvalue weighted by molar-refractivity contribution is -0.141. The number of rotatable bonds is 15. The molecule has 1 atom stereocenters. The quantitative estimate of drug-likeness (QED) is 0.242. The van der Waals surface area contributed by atoms with E-state index < -0.39 is 16.1 Å². The van der Waals surface area contributed by atoms with E-state index in [0.717, 1.165) is 43.1 Å². The van der Waals surface area contributed by atoms with Crippen molar-refractivity contribution in [3.63, 3.8) is 0 Å². The third-order valence-corrected chi connectivity index (χ3v) is 9.40. The van der Waals surface area contributed by atoms with Gasteiger partial charge in [-0.1, -0.05) is 67.8 Å². The molecule has 1 aliphatic rings. The molecule has 3 aromatic rings. The number of anilines is 1. The Bertz CT molecular complexity index is 1510. The molecule has 1 saturated carbocycles. The van der Waals surface area contributed by atoms with Crippen molar-refractivity contribution in [2.45, 2.75) is 70.0 Å². The second kappa shape index (κ2) is 16.3. The first-order valence-electron chi connectivity index (χ1n) is 15.6. The number of ether oxygens (including phenoxy) is 2. The second-order valence-electron chi connectivity index (χ2n) is 11.6. The number of nitrogens with zero attached hydrogens (tertiary/aromatic N) is 2. The average Bonchev–Trinajstić information content (AvgIpc) is 3.05. The molecule has 0 saturated heterocycles. The standard InChI is InChI=1S/C35H45N3O6S/c1-43-31-19-10-15-28(23-31)26-37(33(24-27-13-6-4-7-14-27)35(40)36-29-16-8-5-9-17-29)34(39)21-12-22-38(45(3,41)42)30-18-11-20-32(25-30)44-2/h4,6-7,10-11,13-15,18-20,23,25,29,33H,5,8-9,12,16-17,21-22,24,26H2,1-3H3,(H,36,40)/t33-/m1/s1. The van der Waals surface area contributed by atoms with Gasteiger partial charge in [0, 0.05) is 38.0 Å². The minimum absolute atomic E-state index is 0.0575. The number of nitrogens with one attached hydrogen (secondary N) is 1. The molecule has 4 rings (SSSR count). The lowest BCUT2D eigenvalue weighted by atomic mass is 9.94. The maximum Gasteiger partial charge on any atom is 0.243 e. The van der Waals surface area contributed by atoms with E-state index in [4.69, 9.17) is 9.47 Å². The van der Waals surface area contributed by atoms with Crippen molar-refractivity contribution in [3.05, 3.63) is 90.0 Å². The molecule has 0 heterocycles. The van der Waals surface area contributed by atoms with Crippen LogP contribution in [0.15, 0.2) is 78.9 Å². The first-order valence-corrected chi connectivity index (χ1v) is 17.4. The van der Waals surface area contributed by atoms with Gasteiger partial charge >= 0.3 is 0 Å². The molecule has 0 bridgehead atoms. The smallest absolute Gasteiger partial charge is 0.243 e. The Morgan fingerprint density at radius 1 is 0.867 bits per heavy atom. The summed E-state index contributed by atoms with van der Waals surface area (Å²) in [5.41, 5.74) is 2.25. The van der Waals surface area contributed by atoms with Gasteiger partial charge in [0.1, 0.15) is 17.5 Å². The maximum atomic E-state index is 14.1. The second-order valence-corrected chi connectivity index (χ2v) is 13.5. The summed E-state index contributed by atoms with van der Waals surface area (Å²) in [6.07, 6.45) is 7.00. The Hall–Kier alpha value is -4.05. The van der Waals surface area contributed by atoms with Crippen LogP contribution in [0, 0.1) is 0 Å². The molecule has 45 heavy (non-hydrogen) atoms. The molecule has 0 spiro atoms. The number of benzene rings is 3. The van der Waals surface area contributed by atoms with Crippen LogP contribution in [0.25, 0.3) is 0 Å². The van der Waals surface area contributed by atoms with E-state index in [1.165, 1.54) is 17.8 Å². The summed E-state index contributed by atoms with van der Waals surface area (Å²) in [4.78, 5) is 29.8. The van der Waals surface area contributed by atoms with Crippen LogP contribution in [0.3, 0.4) is 0 Å². The van der Waals surface area contributed by atoms with E-state index >= 15 is 0 Å². The van der Waals surface area contributed by atoms with Crippen LogP contribution < -0.4 is 19.1 Å². The first kappa shape index (κ1) is 33.8. The molecule has 0 radical (unpaired) electrons. The number of hydrogen-bond donors (Lipinski definition) is 1. The van der Waals surface area contributed by atoms with E-state index in [0.29, 0.717) is 23.6 Å². The van der Waals surface area contributed by atoms with Crippen molar-refractivity contribution in [1.29, 1.82) is 0 Å². The molecule has 1 fully saturated rings. The van der Waals surface area contributed by atoms with Gasteiger partial charge < -0.3 is 19.7 Å². The zero-order valence-corrected chi connectivity index (χ0v) is 27.3. The van der Waals surface area contributed by atoms with Gasteiger partial charge in [-0.05, 0) is 54.7 Å². The van der Waals surface area contributed by atoms with Crippen molar-refractivity contribution in [2.24, 2.45) is 0 Å². The van der Waals surface area contributed by atoms with Crippen LogP contribution in [0.2, 0.25) is 0 Å². The fourth-order valence-electron chi connectivity index (χ4n) is 5.84. The zero-order valence-electron chi connectivity index (χ0n) is 26.5. The molecule has 0 unspecified atom stereocenters. The molecule has 1 N–H and O–H groups in total. The summed E-state index contributed by atoms with van der Waals surface area (Å²) in [6.45, 7) is 0.305. The normalized spacial score (nSPS) is 14.3. The lowest BCUT2D eigenvalue weighted by Gasteiger charge is -2.34. The van der Waals surface area contributed by atoms with E-state index in [1.54, 1.807) is 36.3 Å². The van der Waals surface area contributed by atoms with Gasteiger partial charge in [0.05, 0.1) is 26.2 Å². The SMILES string of the molecule is COc1cccc(CN(C(=O)CCCN(c2cccc(OC)c2)S(C)(=O)=O)[C@H](Cc2ccccc2)C(=O)NC2CCCCC2)c1. The molecule has 2 amide bonds. The molecule has 3 aromatic carbocycles. The van der Waals surface area contributed by atoms with Crippen LogP contribution in [0.5, 0.6) is 11.5 Å². The van der Waals surface area contributed by atoms with Gasteiger partial charge in [-0.15, -0.1) is 0 Å². The minimum Gasteiger partial charge on any atom is -0.497 e. The van der Waals surface area contributed by atoms with Crippen molar-refractivity contribution >= 4 is 27.5 Å². The Morgan fingerprint density at radius 2 is 1.51 bits per heavy atom. The van der Waals surface area contributed by atoms with E-state index in [9.17, 15) is 18.0 Å². The molecule has 242 valence electrons. The van der Waals surface area contributed by atoms with Crippen molar-refractivity contribution < 1.29 is 27.5 Å². The van der Waals surface area contributed by atoms with Gasteiger partial charge in [0.2, 0.25) is 21.8 Å². The fraction of sp³-hybridized carbons (Fsp3) is 0.429. The predicted molar refractivity (Wildman–Crippen MR) is 177 cm³/mol. The van der Waals surface area contributed by atoms with Crippen molar-refractivity contribution in [3.8, 4) is 11.5 Å². The Kier molecular flexibility index (Phi) is 12.3. The Balaban J connectivity index is 1.60. The highest BCUT2D eigenvalue weighted by Gasteiger charge is 2.32. The van der Waals surface area contributed by atoms with E-state index in [2.05, 4.69) is 5.32 Å². The molecular formula is C35H45N3O6S. The molecule has 9 nitrogen and oxygen atoms in total. The lowest BCUT2D eigenvalue weighted by Crippen LogP contribution is -2.52. The van der Waals surface area contributed by atoms with Gasteiger partial charge in [-0.3, -0.25) is 13.9 Å². The van der Waals surface area contributed by atoms with Crippen molar-refractivity contribution in [2.75, 3.05) is 31.3 Å². The molecule has 1 aliphatic carbocycles. The number of amides is 2. The number of carbonyl (C=O) groups is 2. The highest BCUT2D eigenvalue weighted by Crippen LogP contribution is 2.25. The summed E-state index contributed by atoms with van der Waals surface area (Å²) in [5.74, 6) is 0.801.